The van der Waals surface area contributed by atoms with E-state index < -0.39 is 0 Å². The fraction of sp³-hybridized carbons (Fsp3) is 0.300. The van der Waals surface area contributed by atoms with Crippen LogP contribution in [0, 0.1) is 0 Å². The van der Waals surface area contributed by atoms with Crippen LogP contribution in [0.4, 0.5) is 5.69 Å². The van der Waals surface area contributed by atoms with Crippen molar-refractivity contribution in [3.8, 4) is 0 Å². The van der Waals surface area contributed by atoms with E-state index in [0.29, 0.717) is 5.11 Å². The molecule has 1 aromatic carbocycles. The molecule has 15 heavy (non-hydrogen) atoms. The second kappa shape index (κ2) is 4.04. The molecular weight excluding hydrogens is 208 g/mol. The van der Waals surface area contributed by atoms with Crippen LogP contribution in [0.1, 0.15) is 11.1 Å². The van der Waals surface area contributed by atoms with E-state index in [4.69, 9.17) is 18.0 Å². The van der Waals surface area contributed by atoms with Crippen LogP contribution < -0.4 is 17.0 Å². The Morgan fingerprint density at radius 3 is 3.00 bits per heavy atom. The lowest BCUT2D eigenvalue weighted by Crippen LogP contribution is -2.69. The molecule has 0 aromatic heterocycles. The zero-order chi connectivity index (χ0) is 10.8. The smallest absolute Gasteiger partial charge is 0.216 e. The third kappa shape index (κ3) is 2.03. The molecule has 0 aliphatic carbocycles. The summed E-state index contributed by atoms with van der Waals surface area (Å²) in [5.41, 5.74) is 12.0. The first-order valence-corrected chi connectivity index (χ1v) is 5.31. The van der Waals surface area contributed by atoms with Gasteiger partial charge in [-0.1, -0.05) is 6.07 Å². The van der Waals surface area contributed by atoms with Crippen molar-refractivity contribution in [3.63, 3.8) is 0 Å². The number of nitrogens with two attached hydrogens (primary N) is 1. The fourth-order valence-corrected chi connectivity index (χ4v) is 2.02. The zero-order valence-corrected chi connectivity index (χ0v) is 9.31. The van der Waals surface area contributed by atoms with Crippen molar-refractivity contribution in [1.82, 2.24) is 10.3 Å². The fourth-order valence-electron chi connectivity index (χ4n) is 1.86. The monoisotopic (exact) mass is 223 g/mol. The number of rotatable bonds is 0. The van der Waals surface area contributed by atoms with Crippen LogP contribution in [-0.2, 0) is 13.0 Å². The number of hydrogen-bond acceptors (Lipinski definition) is 2. The van der Waals surface area contributed by atoms with E-state index in [1.54, 1.807) is 0 Å². The molecule has 0 unspecified atom stereocenters. The number of nitrogens with one attached hydrogen (secondary N) is 1. The second-order valence-corrected chi connectivity index (χ2v) is 4.07. The minimum atomic E-state index is 0.697. The summed E-state index contributed by atoms with van der Waals surface area (Å²) in [6.07, 6.45) is 1.01. The average molecular weight is 223 g/mol. The summed E-state index contributed by atoms with van der Waals surface area (Å²) in [6.45, 7) is 1.76. The van der Waals surface area contributed by atoms with Gasteiger partial charge in [0.25, 0.3) is 0 Å². The molecule has 1 aromatic rings. The molecule has 0 saturated carbocycles. The van der Waals surface area contributed by atoms with Gasteiger partial charge in [-0.3, -0.25) is 5.84 Å². The maximum atomic E-state index is 5.76. The molecule has 0 spiro atoms. The van der Waals surface area contributed by atoms with Gasteiger partial charge in [0.1, 0.15) is 0 Å². The molecule has 80 valence electrons. The number of anilines is 1. The molecule has 0 saturated heterocycles. The Kier molecular flexibility index (Phi) is 2.75. The average Bonchev–Trinajstić information content (AvgIpc) is 2.27. The summed E-state index contributed by atoms with van der Waals surface area (Å²) in [4.78, 5) is 2.10. The molecule has 0 bridgehead atoms. The molecule has 2 rings (SSSR count). The van der Waals surface area contributed by atoms with Gasteiger partial charge in [-0.05, 0) is 41.9 Å². The minimum absolute atomic E-state index is 0.697. The Bertz CT molecular complexity index is 391. The molecule has 0 fully saturated rings. The van der Waals surface area contributed by atoms with Crippen molar-refractivity contribution in [3.05, 3.63) is 29.3 Å². The first kappa shape index (κ1) is 10.2. The van der Waals surface area contributed by atoms with E-state index in [0.717, 1.165) is 25.2 Å². The number of nitrogens with zero attached hydrogens (tertiary/aromatic N) is 1. The number of quaternary nitrogens is 1. The van der Waals surface area contributed by atoms with E-state index in [9.17, 15) is 0 Å². The highest BCUT2D eigenvalue weighted by Gasteiger charge is 2.18. The van der Waals surface area contributed by atoms with Gasteiger partial charge in [-0.15, -0.1) is 0 Å². The Hall–Kier alpha value is -1.33. The molecule has 0 amide bonds. The highest BCUT2D eigenvalue weighted by molar-refractivity contribution is 7.80. The molecule has 0 atom stereocenters. The van der Waals surface area contributed by atoms with Crippen LogP contribution >= 0.6 is 12.2 Å². The first-order valence-electron chi connectivity index (χ1n) is 4.90. The van der Waals surface area contributed by atoms with Crippen molar-refractivity contribution in [2.75, 3.05) is 12.3 Å². The zero-order valence-electron chi connectivity index (χ0n) is 8.49. The predicted molar refractivity (Wildman–Crippen MR) is 63.6 cm³/mol. The largest absolute Gasteiger partial charge is 0.399 e. The second-order valence-electron chi connectivity index (χ2n) is 3.68. The van der Waals surface area contributed by atoms with Crippen molar-refractivity contribution in [2.24, 2.45) is 0 Å². The van der Waals surface area contributed by atoms with Gasteiger partial charge in [-0.2, -0.15) is 0 Å². The molecule has 6 N–H and O–H groups in total. The number of benzene rings is 1. The maximum absolute atomic E-state index is 5.76. The number of fused-ring (bicyclic) bond motifs is 1. The van der Waals surface area contributed by atoms with Crippen molar-refractivity contribution in [1.29, 1.82) is 0 Å². The summed E-state index contributed by atoms with van der Waals surface area (Å²) in [7, 11) is 0. The molecule has 1 heterocycles. The summed E-state index contributed by atoms with van der Waals surface area (Å²) in [6, 6.07) is 6.07. The standard InChI is InChI=1S/C10H14N4S/c11-9-2-1-7-3-4-14(10(15)13-12)6-8(7)5-9/h1-2,5H,3-4,6,11-12H2,(H,13,15)/p+1. The lowest BCUT2D eigenvalue weighted by atomic mass is 9.99. The summed E-state index contributed by atoms with van der Waals surface area (Å²) in [5, 5.41) is 0.697. The lowest BCUT2D eigenvalue weighted by Gasteiger charge is -2.29. The lowest BCUT2D eigenvalue weighted by molar-refractivity contribution is -0.420. The van der Waals surface area contributed by atoms with Crippen LogP contribution in [-0.4, -0.2) is 16.6 Å². The van der Waals surface area contributed by atoms with Gasteiger partial charge in [0, 0.05) is 18.8 Å². The third-order valence-corrected chi connectivity index (χ3v) is 3.08. The third-order valence-electron chi connectivity index (χ3n) is 2.68. The molecule has 4 nitrogen and oxygen atoms in total. The molecule has 0 radical (unpaired) electrons. The van der Waals surface area contributed by atoms with Crippen molar-refractivity contribution >= 4 is 23.0 Å². The Morgan fingerprint density at radius 2 is 2.27 bits per heavy atom. The number of hydrogen-bond donors (Lipinski definition) is 3. The Balaban J connectivity index is 2.22. The van der Waals surface area contributed by atoms with E-state index >= 15 is 0 Å². The quantitative estimate of drug-likeness (QED) is 0.320. The van der Waals surface area contributed by atoms with Crippen LogP contribution in [0.5, 0.6) is 0 Å². The highest BCUT2D eigenvalue weighted by atomic mass is 32.1. The van der Waals surface area contributed by atoms with Crippen molar-refractivity contribution < 1.29 is 5.84 Å². The van der Waals surface area contributed by atoms with E-state index in [1.165, 1.54) is 11.1 Å². The van der Waals surface area contributed by atoms with Crippen LogP contribution in [0.25, 0.3) is 0 Å². The molecular formula is C10H15N4S+. The number of nitrogen functional groups attached to an aromatic ring is 1. The van der Waals surface area contributed by atoms with Gasteiger partial charge in [0.2, 0.25) is 5.11 Å². The Morgan fingerprint density at radius 1 is 1.47 bits per heavy atom. The van der Waals surface area contributed by atoms with Gasteiger partial charge in [-0.25, -0.2) is 5.43 Å². The summed E-state index contributed by atoms with van der Waals surface area (Å²) in [5.74, 6) is 3.58. The van der Waals surface area contributed by atoms with E-state index in [-0.39, 0.29) is 0 Å². The van der Waals surface area contributed by atoms with E-state index in [1.807, 2.05) is 12.1 Å². The normalized spacial score (nSPS) is 14.6. The van der Waals surface area contributed by atoms with Gasteiger partial charge in [0.05, 0.1) is 0 Å². The molecule has 5 heteroatoms. The van der Waals surface area contributed by atoms with Crippen LogP contribution in [0.3, 0.4) is 0 Å². The van der Waals surface area contributed by atoms with Crippen LogP contribution in [0.15, 0.2) is 18.2 Å². The summed E-state index contributed by atoms with van der Waals surface area (Å²) >= 11 is 5.16. The predicted octanol–water partition coefficient (Wildman–Crippen LogP) is -0.342. The summed E-state index contributed by atoms with van der Waals surface area (Å²) < 4.78 is 0. The molecule has 1 aliphatic heterocycles. The maximum Gasteiger partial charge on any atom is 0.216 e. The highest BCUT2D eigenvalue weighted by Crippen LogP contribution is 2.21. The van der Waals surface area contributed by atoms with Crippen molar-refractivity contribution in [2.45, 2.75) is 13.0 Å². The Labute approximate surface area is 94.2 Å². The molecule has 1 aliphatic rings. The van der Waals surface area contributed by atoms with Crippen LogP contribution in [0.2, 0.25) is 0 Å². The minimum Gasteiger partial charge on any atom is -0.399 e. The van der Waals surface area contributed by atoms with Gasteiger partial charge in [0.15, 0.2) is 0 Å². The van der Waals surface area contributed by atoms with Gasteiger partial charge < -0.3 is 10.6 Å². The van der Waals surface area contributed by atoms with E-state index in [2.05, 4.69) is 22.2 Å². The topological polar surface area (TPSA) is 68.9 Å². The number of thiocarbonyl (C=S) groups is 1. The SMILES string of the molecule is Nc1ccc2c(c1)CN(C(=S)N[NH3+])CC2. The first-order chi connectivity index (χ1) is 7.20. The van der Waals surface area contributed by atoms with Gasteiger partial charge >= 0.3 is 0 Å².